The Hall–Kier alpha value is -1.13. The molecule has 0 aromatic carbocycles. The van der Waals surface area contributed by atoms with Crippen LogP contribution in [0.5, 0.6) is 0 Å². The molecular formula is C13H17N3S. The topological polar surface area (TPSA) is 29.9 Å². The summed E-state index contributed by atoms with van der Waals surface area (Å²) >= 11 is 1.72. The molecule has 1 aliphatic heterocycles. The molecule has 2 aromatic rings. The predicted molar refractivity (Wildman–Crippen MR) is 71.4 cm³/mol. The summed E-state index contributed by atoms with van der Waals surface area (Å²) in [6, 6.07) is 4.85. The molecule has 0 amide bonds. The maximum atomic E-state index is 4.76. The van der Waals surface area contributed by atoms with Gasteiger partial charge in [0.15, 0.2) is 0 Å². The van der Waals surface area contributed by atoms with Crippen LogP contribution in [0.3, 0.4) is 0 Å². The van der Waals surface area contributed by atoms with E-state index in [4.69, 9.17) is 5.10 Å². The summed E-state index contributed by atoms with van der Waals surface area (Å²) < 4.78 is 2.19. The van der Waals surface area contributed by atoms with Gasteiger partial charge >= 0.3 is 0 Å². The molecule has 3 heterocycles. The van der Waals surface area contributed by atoms with Crippen LogP contribution in [0, 0.1) is 6.92 Å². The van der Waals surface area contributed by atoms with Crippen molar-refractivity contribution in [2.75, 3.05) is 13.1 Å². The molecule has 1 fully saturated rings. The Balaban J connectivity index is 1.90. The fraction of sp³-hybridized carbons (Fsp3) is 0.462. The molecule has 3 nitrogen and oxygen atoms in total. The first-order valence-corrected chi connectivity index (χ1v) is 7.08. The SMILES string of the molecule is Cc1cc(-c2ccsc2)nn1[C@H]1CCCNC1. The highest BCUT2D eigenvalue weighted by Gasteiger charge is 2.18. The number of hydrogen-bond donors (Lipinski definition) is 1. The summed E-state index contributed by atoms with van der Waals surface area (Å²) in [4.78, 5) is 0. The van der Waals surface area contributed by atoms with E-state index in [1.54, 1.807) is 11.3 Å². The number of rotatable bonds is 2. The average molecular weight is 247 g/mol. The third kappa shape index (κ3) is 2.15. The van der Waals surface area contributed by atoms with Gasteiger partial charge in [0, 0.05) is 23.2 Å². The number of piperidine rings is 1. The van der Waals surface area contributed by atoms with E-state index in [0.29, 0.717) is 6.04 Å². The minimum Gasteiger partial charge on any atom is -0.315 e. The van der Waals surface area contributed by atoms with Crippen molar-refractivity contribution in [1.82, 2.24) is 15.1 Å². The van der Waals surface area contributed by atoms with Crippen LogP contribution < -0.4 is 5.32 Å². The third-order valence-electron chi connectivity index (χ3n) is 3.36. The van der Waals surface area contributed by atoms with Crippen molar-refractivity contribution in [3.05, 3.63) is 28.6 Å². The van der Waals surface area contributed by atoms with E-state index in [2.05, 4.69) is 39.8 Å². The maximum Gasteiger partial charge on any atom is 0.0934 e. The molecule has 1 N–H and O–H groups in total. The highest BCUT2D eigenvalue weighted by molar-refractivity contribution is 7.08. The highest BCUT2D eigenvalue weighted by Crippen LogP contribution is 2.25. The summed E-state index contributed by atoms with van der Waals surface area (Å²) in [5.74, 6) is 0. The van der Waals surface area contributed by atoms with Crippen molar-refractivity contribution in [3.63, 3.8) is 0 Å². The monoisotopic (exact) mass is 247 g/mol. The lowest BCUT2D eigenvalue weighted by Crippen LogP contribution is -2.32. The van der Waals surface area contributed by atoms with Crippen LogP contribution in [-0.2, 0) is 0 Å². The molecule has 90 valence electrons. The molecule has 0 spiro atoms. The molecule has 0 bridgehead atoms. The van der Waals surface area contributed by atoms with Crippen LogP contribution >= 0.6 is 11.3 Å². The Morgan fingerprint density at radius 2 is 2.47 bits per heavy atom. The van der Waals surface area contributed by atoms with E-state index in [1.165, 1.54) is 24.1 Å². The molecule has 1 aliphatic rings. The van der Waals surface area contributed by atoms with Crippen LogP contribution in [0.25, 0.3) is 11.3 Å². The Morgan fingerprint density at radius 3 is 3.18 bits per heavy atom. The van der Waals surface area contributed by atoms with Gasteiger partial charge in [-0.15, -0.1) is 0 Å². The number of aryl methyl sites for hydroxylation is 1. The number of thiophene rings is 1. The fourth-order valence-corrected chi connectivity index (χ4v) is 3.10. The van der Waals surface area contributed by atoms with Crippen molar-refractivity contribution in [2.24, 2.45) is 0 Å². The zero-order valence-electron chi connectivity index (χ0n) is 10.0. The van der Waals surface area contributed by atoms with E-state index >= 15 is 0 Å². The van der Waals surface area contributed by atoms with Gasteiger partial charge < -0.3 is 5.32 Å². The lowest BCUT2D eigenvalue weighted by Gasteiger charge is -2.24. The summed E-state index contributed by atoms with van der Waals surface area (Å²) in [5.41, 5.74) is 3.61. The molecule has 1 saturated heterocycles. The first-order chi connectivity index (χ1) is 8.34. The van der Waals surface area contributed by atoms with Gasteiger partial charge in [0.1, 0.15) is 0 Å². The second kappa shape index (κ2) is 4.63. The lowest BCUT2D eigenvalue weighted by molar-refractivity contribution is 0.342. The smallest absolute Gasteiger partial charge is 0.0934 e. The molecule has 0 radical (unpaired) electrons. The summed E-state index contributed by atoms with van der Waals surface area (Å²) in [7, 11) is 0. The Kier molecular flexibility index (Phi) is 2.99. The van der Waals surface area contributed by atoms with Gasteiger partial charge in [-0.2, -0.15) is 16.4 Å². The third-order valence-corrected chi connectivity index (χ3v) is 4.04. The fourth-order valence-electron chi connectivity index (χ4n) is 2.45. The van der Waals surface area contributed by atoms with Gasteiger partial charge in [-0.05, 0) is 43.8 Å². The Bertz CT molecular complexity index is 481. The second-order valence-electron chi connectivity index (χ2n) is 4.63. The van der Waals surface area contributed by atoms with Crippen LogP contribution in [0.15, 0.2) is 22.9 Å². The molecular weight excluding hydrogens is 230 g/mol. The number of hydrogen-bond acceptors (Lipinski definition) is 3. The van der Waals surface area contributed by atoms with E-state index in [0.717, 1.165) is 18.8 Å². The Labute approximate surface area is 105 Å². The molecule has 3 rings (SSSR count). The normalized spacial score (nSPS) is 20.6. The van der Waals surface area contributed by atoms with Gasteiger partial charge in [-0.1, -0.05) is 0 Å². The van der Waals surface area contributed by atoms with Crippen LogP contribution in [-0.4, -0.2) is 22.9 Å². The molecule has 4 heteroatoms. The van der Waals surface area contributed by atoms with Gasteiger partial charge in [-0.3, -0.25) is 4.68 Å². The molecule has 0 unspecified atom stereocenters. The minimum absolute atomic E-state index is 0.524. The summed E-state index contributed by atoms with van der Waals surface area (Å²) in [6.45, 7) is 4.34. The van der Waals surface area contributed by atoms with Crippen molar-refractivity contribution in [2.45, 2.75) is 25.8 Å². The number of nitrogens with zero attached hydrogens (tertiary/aromatic N) is 2. The highest BCUT2D eigenvalue weighted by atomic mass is 32.1. The van der Waals surface area contributed by atoms with Gasteiger partial charge in [-0.25, -0.2) is 0 Å². The average Bonchev–Trinajstić information content (AvgIpc) is 2.99. The van der Waals surface area contributed by atoms with Crippen molar-refractivity contribution in [1.29, 1.82) is 0 Å². The molecule has 17 heavy (non-hydrogen) atoms. The molecule has 1 atom stereocenters. The van der Waals surface area contributed by atoms with Crippen molar-refractivity contribution in [3.8, 4) is 11.3 Å². The van der Waals surface area contributed by atoms with Crippen molar-refractivity contribution >= 4 is 11.3 Å². The summed E-state index contributed by atoms with van der Waals surface area (Å²) in [5, 5.41) is 12.5. The minimum atomic E-state index is 0.524. The van der Waals surface area contributed by atoms with E-state index in [1.807, 2.05) is 0 Å². The molecule has 0 aliphatic carbocycles. The van der Waals surface area contributed by atoms with Crippen LogP contribution in [0.2, 0.25) is 0 Å². The zero-order chi connectivity index (χ0) is 11.7. The van der Waals surface area contributed by atoms with Crippen LogP contribution in [0.1, 0.15) is 24.6 Å². The number of nitrogens with one attached hydrogen (secondary N) is 1. The zero-order valence-corrected chi connectivity index (χ0v) is 10.8. The van der Waals surface area contributed by atoms with E-state index in [-0.39, 0.29) is 0 Å². The first kappa shape index (κ1) is 11.0. The van der Waals surface area contributed by atoms with Gasteiger partial charge in [0.25, 0.3) is 0 Å². The van der Waals surface area contributed by atoms with Gasteiger partial charge in [0.05, 0.1) is 11.7 Å². The first-order valence-electron chi connectivity index (χ1n) is 6.14. The standard InChI is InChI=1S/C13H17N3S/c1-10-7-13(11-4-6-17-9-11)15-16(10)12-3-2-5-14-8-12/h4,6-7,9,12,14H,2-3,5,8H2,1H3/t12-/m0/s1. The quantitative estimate of drug-likeness (QED) is 0.884. The summed E-state index contributed by atoms with van der Waals surface area (Å²) in [6.07, 6.45) is 2.48. The lowest BCUT2D eigenvalue weighted by atomic mass is 10.1. The largest absolute Gasteiger partial charge is 0.315 e. The number of aromatic nitrogens is 2. The van der Waals surface area contributed by atoms with Crippen LogP contribution in [0.4, 0.5) is 0 Å². The maximum absolute atomic E-state index is 4.76. The molecule has 2 aromatic heterocycles. The Morgan fingerprint density at radius 1 is 1.53 bits per heavy atom. The van der Waals surface area contributed by atoms with E-state index in [9.17, 15) is 0 Å². The van der Waals surface area contributed by atoms with E-state index < -0.39 is 0 Å². The van der Waals surface area contributed by atoms with Crippen molar-refractivity contribution < 1.29 is 0 Å². The predicted octanol–water partition coefficient (Wildman–Crippen LogP) is 2.84. The van der Waals surface area contributed by atoms with Gasteiger partial charge in [0.2, 0.25) is 0 Å². The molecule has 0 saturated carbocycles. The second-order valence-corrected chi connectivity index (χ2v) is 5.41.